The first kappa shape index (κ1) is 10.4. The van der Waals surface area contributed by atoms with Gasteiger partial charge in [-0.05, 0) is 25.0 Å². The number of hydrogen-bond acceptors (Lipinski definition) is 2. The summed E-state index contributed by atoms with van der Waals surface area (Å²) < 4.78 is 7.37. The molecule has 1 aromatic heterocycles. The van der Waals surface area contributed by atoms with Crippen LogP contribution in [0.1, 0.15) is 28.9 Å². The molecule has 0 aliphatic heterocycles. The molecule has 0 N–H and O–H groups in total. The molecule has 1 aliphatic rings. The van der Waals surface area contributed by atoms with Gasteiger partial charge in [-0.3, -0.25) is 4.79 Å². The standard InChI is InChI=1S/C14H15NO2/c1-15-11-4-3-5-13(16)14(11)10-7-6-9(17-2)8-12(10)15/h6-8H,3-5H2,1-2H3. The second-order valence-electron chi connectivity index (χ2n) is 4.54. The van der Waals surface area contributed by atoms with E-state index in [0.29, 0.717) is 6.42 Å². The van der Waals surface area contributed by atoms with Crippen molar-refractivity contribution in [1.29, 1.82) is 0 Å². The number of ether oxygens (including phenoxy) is 1. The molecule has 0 unspecified atom stereocenters. The normalized spacial score (nSPS) is 15.1. The van der Waals surface area contributed by atoms with Crippen LogP contribution >= 0.6 is 0 Å². The Morgan fingerprint density at radius 2 is 2.12 bits per heavy atom. The third kappa shape index (κ3) is 1.38. The highest BCUT2D eigenvalue weighted by atomic mass is 16.5. The Hall–Kier alpha value is -1.77. The molecule has 0 atom stereocenters. The number of Topliss-reactive ketones (excluding diaryl/α,β-unsaturated/α-hetero) is 1. The Balaban J connectivity index is 2.36. The number of carbonyl (C=O) groups is 1. The Morgan fingerprint density at radius 3 is 2.88 bits per heavy atom. The van der Waals surface area contributed by atoms with Gasteiger partial charge in [-0.1, -0.05) is 0 Å². The average molecular weight is 229 g/mol. The van der Waals surface area contributed by atoms with Crippen molar-refractivity contribution in [2.75, 3.05) is 7.11 Å². The van der Waals surface area contributed by atoms with Gasteiger partial charge in [-0.25, -0.2) is 0 Å². The Labute approximate surface area is 100.0 Å². The molecular weight excluding hydrogens is 214 g/mol. The zero-order valence-electron chi connectivity index (χ0n) is 10.1. The summed E-state index contributed by atoms with van der Waals surface area (Å²) in [5, 5.41) is 1.06. The van der Waals surface area contributed by atoms with Crippen LogP contribution in [0.3, 0.4) is 0 Å². The van der Waals surface area contributed by atoms with Crippen LogP contribution < -0.4 is 4.74 Å². The van der Waals surface area contributed by atoms with Crippen LogP contribution in [-0.2, 0) is 13.5 Å². The van der Waals surface area contributed by atoms with E-state index in [9.17, 15) is 4.79 Å². The number of carbonyl (C=O) groups excluding carboxylic acids is 1. The van der Waals surface area contributed by atoms with E-state index in [0.717, 1.165) is 35.1 Å². The maximum atomic E-state index is 12.0. The summed E-state index contributed by atoms with van der Waals surface area (Å²) >= 11 is 0. The van der Waals surface area contributed by atoms with E-state index in [4.69, 9.17) is 4.74 Å². The minimum atomic E-state index is 0.280. The van der Waals surface area contributed by atoms with Gasteiger partial charge in [0.05, 0.1) is 12.6 Å². The SMILES string of the molecule is COc1ccc2c3c(n(C)c2c1)CCCC3=O. The molecule has 1 aliphatic carbocycles. The molecule has 3 rings (SSSR count). The summed E-state index contributed by atoms with van der Waals surface area (Å²) in [4.78, 5) is 12.0. The van der Waals surface area contributed by atoms with Crippen molar-refractivity contribution in [3.05, 3.63) is 29.5 Å². The molecule has 0 saturated carbocycles. The molecule has 0 fully saturated rings. The lowest BCUT2D eigenvalue weighted by atomic mass is 9.94. The summed E-state index contributed by atoms with van der Waals surface area (Å²) in [6.45, 7) is 0. The lowest BCUT2D eigenvalue weighted by Crippen LogP contribution is -2.11. The van der Waals surface area contributed by atoms with Crippen molar-refractivity contribution in [1.82, 2.24) is 4.57 Å². The molecule has 0 spiro atoms. The van der Waals surface area contributed by atoms with Gasteiger partial charge in [-0.2, -0.15) is 0 Å². The van der Waals surface area contributed by atoms with Gasteiger partial charge in [0.2, 0.25) is 0 Å². The van der Waals surface area contributed by atoms with E-state index in [-0.39, 0.29) is 5.78 Å². The van der Waals surface area contributed by atoms with Gasteiger partial charge >= 0.3 is 0 Å². The molecule has 2 aromatic rings. The second-order valence-corrected chi connectivity index (χ2v) is 4.54. The molecule has 0 bridgehead atoms. The molecule has 1 aromatic carbocycles. The smallest absolute Gasteiger partial charge is 0.165 e. The quantitative estimate of drug-likeness (QED) is 0.752. The zero-order chi connectivity index (χ0) is 12.0. The highest BCUT2D eigenvalue weighted by Gasteiger charge is 2.24. The number of hydrogen-bond donors (Lipinski definition) is 0. The Bertz CT molecular complexity index is 610. The van der Waals surface area contributed by atoms with Gasteiger partial charge in [0.1, 0.15) is 5.75 Å². The van der Waals surface area contributed by atoms with Crippen LogP contribution in [0.15, 0.2) is 18.2 Å². The van der Waals surface area contributed by atoms with Crippen LogP contribution in [0.4, 0.5) is 0 Å². The number of aromatic nitrogens is 1. The van der Waals surface area contributed by atoms with Gasteiger partial charge in [-0.15, -0.1) is 0 Å². The van der Waals surface area contributed by atoms with E-state index >= 15 is 0 Å². The molecular formula is C14H15NO2. The van der Waals surface area contributed by atoms with Crippen LogP contribution in [0.5, 0.6) is 5.75 Å². The second kappa shape index (κ2) is 3.62. The van der Waals surface area contributed by atoms with Crippen molar-refractivity contribution < 1.29 is 9.53 Å². The van der Waals surface area contributed by atoms with Gasteiger partial charge < -0.3 is 9.30 Å². The molecule has 3 nitrogen and oxygen atoms in total. The maximum absolute atomic E-state index is 12.0. The van der Waals surface area contributed by atoms with Gasteiger partial charge in [0.15, 0.2) is 5.78 Å². The molecule has 17 heavy (non-hydrogen) atoms. The van der Waals surface area contributed by atoms with Crippen LogP contribution in [0.25, 0.3) is 10.9 Å². The zero-order valence-corrected chi connectivity index (χ0v) is 10.1. The largest absolute Gasteiger partial charge is 0.497 e. The number of aryl methyl sites for hydroxylation is 1. The lowest BCUT2D eigenvalue weighted by molar-refractivity contribution is 0.0973. The summed E-state index contributed by atoms with van der Waals surface area (Å²) in [5.74, 6) is 1.12. The monoisotopic (exact) mass is 229 g/mol. The molecule has 3 heteroatoms. The van der Waals surface area contributed by atoms with Crippen LogP contribution in [-0.4, -0.2) is 17.5 Å². The third-order valence-corrected chi connectivity index (χ3v) is 3.63. The number of ketones is 1. The maximum Gasteiger partial charge on any atom is 0.165 e. The lowest BCUT2D eigenvalue weighted by Gasteiger charge is -2.11. The van der Waals surface area contributed by atoms with Crippen molar-refractivity contribution >= 4 is 16.7 Å². The molecule has 1 heterocycles. The van der Waals surface area contributed by atoms with E-state index in [1.807, 2.05) is 25.2 Å². The first-order valence-corrected chi connectivity index (χ1v) is 5.91. The highest BCUT2D eigenvalue weighted by Crippen LogP contribution is 2.33. The van der Waals surface area contributed by atoms with Gasteiger partial charge in [0.25, 0.3) is 0 Å². The van der Waals surface area contributed by atoms with Crippen LogP contribution in [0.2, 0.25) is 0 Å². The Kier molecular flexibility index (Phi) is 2.21. The minimum absolute atomic E-state index is 0.280. The van der Waals surface area contributed by atoms with Crippen molar-refractivity contribution in [2.24, 2.45) is 7.05 Å². The molecule has 0 radical (unpaired) electrons. The van der Waals surface area contributed by atoms with Gasteiger partial charge in [0, 0.05) is 36.2 Å². The average Bonchev–Trinajstić information content (AvgIpc) is 2.64. The number of nitrogens with zero attached hydrogens (tertiary/aromatic N) is 1. The number of benzene rings is 1. The fraction of sp³-hybridized carbons (Fsp3) is 0.357. The van der Waals surface area contributed by atoms with E-state index < -0.39 is 0 Å². The van der Waals surface area contributed by atoms with E-state index in [1.54, 1.807) is 7.11 Å². The Morgan fingerprint density at radius 1 is 1.29 bits per heavy atom. The fourth-order valence-electron chi connectivity index (χ4n) is 2.74. The first-order valence-electron chi connectivity index (χ1n) is 5.91. The molecule has 0 saturated heterocycles. The topological polar surface area (TPSA) is 31.2 Å². The summed E-state index contributed by atoms with van der Waals surface area (Å²) in [6, 6.07) is 5.92. The highest BCUT2D eigenvalue weighted by molar-refractivity contribution is 6.10. The van der Waals surface area contributed by atoms with Crippen molar-refractivity contribution in [2.45, 2.75) is 19.3 Å². The third-order valence-electron chi connectivity index (χ3n) is 3.63. The molecule has 88 valence electrons. The van der Waals surface area contributed by atoms with Crippen LogP contribution in [0, 0.1) is 0 Å². The summed E-state index contributed by atoms with van der Waals surface area (Å²) in [7, 11) is 3.69. The predicted molar refractivity (Wildman–Crippen MR) is 66.7 cm³/mol. The number of rotatable bonds is 1. The fourth-order valence-corrected chi connectivity index (χ4v) is 2.74. The van der Waals surface area contributed by atoms with E-state index in [1.165, 1.54) is 5.69 Å². The number of methoxy groups -OCH3 is 1. The minimum Gasteiger partial charge on any atom is -0.497 e. The number of fused-ring (bicyclic) bond motifs is 3. The van der Waals surface area contributed by atoms with Crippen molar-refractivity contribution in [3.63, 3.8) is 0 Å². The predicted octanol–water partition coefficient (Wildman–Crippen LogP) is 2.71. The first-order chi connectivity index (χ1) is 8.22. The van der Waals surface area contributed by atoms with E-state index in [2.05, 4.69) is 4.57 Å². The molecule has 0 amide bonds. The summed E-state index contributed by atoms with van der Waals surface area (Å²) in [6.07, 6.45) is 2.64. The summed E-state index contributed by atoms with van der Waals surface area (Å²) in [5.41, 5.74) is 3.19. The van der Waals surface area contributed by atoms with Crippen molar-refractivity contribution in [3.8, 4) is 5.75 Å².